The number of aromatic nitrogens is 4. The molecule has 0 saturated carbocycles. The number of nitrogens with zero attached hydrogens (tertiary/aromatic N) is 5. The molecule has 4 rings (SSSR count). The normalized spacial score (nSPS) is 10.7. The van der Waals surface area contributed by atoms with Crippen LogP contribution in [-0.2, 0) is 0 Å². The van der Waals surface area contributed by atoms with E-state index < -0.39 is 0 Å². The van der Waals surface area contributed by atoms with Crippen LogP contribution in [0.5, 0.6) is 0 Å². The second kappa shape index (κ2) is 5.87. The van der Waals surface area contributed by atoms with Gasteiger partial charge in [-0.1, -0.05) is 60.7 Å². The molecule has 2 heterocycles. The third-order valence-corrected chi connectivity index (χ3v) is 4.42. The lowest BCUT2D eigenvalue weighted by molar-refractivity contribution is 0.889. The maximum absolute atomic E-state index is 9.43. The molecule has 0 aliphatic carbocycles. The molecule has 0 aliphatic heterocycles. The van der Waals surface area contributed by atoms with Crippen molar-refractivity contribution >= 4 is 21.6 Å². The minimum Gasteiger partial charge on any atom is -0.208 e. The standard InChI is InChI=1S/C18H10BrN5/c19-15-16(12-7-3-1-4-8-12)23-24-17(13-9-5-2-6-10-13)14(11-20)21-22-18(15)24/h1-10H. The lowest BCUT2D eigenvalue weighted by Crippen LogP contribution is -2.03. The van der Waals surface area contributed by atoms with Gasteiger partial charge in [-0.15, -0.1) is 10.2 Å². The molecule has 6 heteroatoms. The monoisotopic (exact) mass is 375 g/mol. The van der Waals surface area contributed by atoms with E-state index in [1.165, 1.54) is 0 Å². The van der Waals surface area contributed by atoms with Gasteiger partial charge in [-0.05, 0) is 15.9 Å². The summed E-state index contributed by atoms with van der Waals surface area (Å²) in [6, 6.07) is 21.5. The molecule has 0 N–H and O–H groups in total. The van der Waals surface area contributed by atoms with Crippen molar-refractivity contribution < 1.29 is 0 Å². The van der Waals surface area contributed by atoms with E-state index in [0.717, 1.165) is 21.3 Å². The third-order valence-electron chi connectivity index (χ3n) is 3.69. The molecule has 4 aromatic rings. The van der Waals surface area contributed by atoms with Gasteiger partial charge >= 0.3 is 0 Å². The van der Waals surface area contributed by atoms with Gasteiger partial charge in [0.1, 0.15) is 17.5 Å². The summed E-state index contributed by atoms with van der Waals surface area (Å²) in [4.78, 5) is 0. The fraction of sp³-hybridized carbons (Fsp3) is 0. The maximum atomic E-state index is 9.43. The molecule has 2 aromatic carbocycles. The number of nitriles is 1. The Morgan fingerprint density at radius 3 is 2.12 bits per heavy atom. The third kappa shape index (κ3) is 2.27. The van der Waals surface area contributed by atoms with Crippen LogP contribution in [0, 0.1) is 11.3 Å². The van der Waals surface area contributed by atoms with E-state index in [2.05, 4.69) is 37.3 Å². The first kappa shape index (κ1) is 14.5. The number of benzene rings is 2. The summed E-state index contributed by atoms with van der Waals surface area (Å²) >= 11 is 3.57. The number of rotatable bonds is 2. The van der Waals surface area contributed by atoms with Gasteiger partial charge in [0.25, 0.3) is 0 Å². The summed E-state index contributed by atoms with van der Waals surface area (Å²) in [6.45, 7) is 0. The molecular formula is C18H10BrN5. The molecule has 24 heavy (non-hydrogen) atoms. The Labute approximate surface area is 146 Å². The van der Waals surface area contributed by atoms with Crippen molar-refractivity contribution in [2.45, 2.75) is 0 Å². The highest BCUT2D eigenvalue weighted by atomic mass is 79.9. The maximum Gasteiger partial charge on any atom is 0.193 e. The number of hydrogen-bond acceptors (Lipinski definition) is 4. The predicted molar refractivity (Wildman–Crippen MR) is 94.1 cm³/mol. The molecule has 0 radical (unpaired) electrons. The van der Waals surface area contributed by atoms with Gasteiger partial charge in [0, 0.05) is 11.1 Å². The highest BCUT2D eigenvalue weighted by Crippen LogP contribution is 2.32. The predicted octanol–water partition coefficient (Wildman–Crippen LogP) is 4.09. The average Bonchev–Trinajstić information content (AvgIpc) is 2.99. The first-order chi connectivity index (χ1) is 11.8. The molecule has 0 amide bonds. The first-order valence-electron chi connectivity index (χ1n) is 7.25. The molecule has 0 atom stereocenters. The van der Waals surface area contributed by atoms with Crippen LogP contribution in [0.1, 0.15) is 5.69 Å². The molecular weight excluding hydrogens is 366 g/mol. The molecule has 0 bridgehead atoms. The minimum atomic E-state index is 0.239. The number of fused-ring (bicyclic) bond motifs is 1. The van der Waals surface area contributed by atoms with Crippen molar-refractivity contribution in [3.05, 3.63) is 70.8 Å². The van der Waals surface area contributed by atoms with Gasteiger partial charge < -0.3 is 0 Å². The summed E-state index contributed by atoms with van der Waals surface area (Å²) in [5, 5.41) is 22.3. The second-order valence-corrected chi connectivity index (χ2v) is 5.93. The molecule has 0 unspecified atom stereocenters. The number of hydrogen-bond donors (Lipinski definition) is 0. The van der Waals surface area contributed by atoms with E-state index in [0.29, 0.717) is 11.3 Å². The van der Waals surface area contributed by atoms with Crippen LogP contribution in [0.25, 0.3) is 28.2 Å². The minimum absolute atomic E-state index is 0.239. The highest BCUT2D eigenvalue weighted by molar-refractivity contribution is 9.10. The quantitative estimate of drug-likeness (QED) is 0.529. The van der Waals surface area contributed by atoms with E-state index in [9.17, 15) is 5.26 Å². The topological polar surface area (TPSA) is 66.9 Å². The van der Waals surface area contributed by atoms with Crippen LogP contribution in [0.2, 0.25) is 0 Å². The fourth-order valence-electron chi connectivity index (χ4n) is 2.59. The van der Waals surface area contributed by atoms with Gasteiger partial charge in [0.2, 0.25) is 0 Å². The lowest BCUT2D eigenvalue weighted by Gasteiger charge is -2.05. The van der Waals surface area contributed by atoms with Crippen molar-refractivity contribution in [3.63, 3.8) is 0 Å². The summed E-state index contributed by atoms with van der Waals surface area (Å²) in [5.74, 6) is 0. The molecule has 114 valence electrons. The van der Waals surface area contributed by atoms with Gasteiger partial charge in [-0.25, -0.2) is 4.52 Å². The Kier molecular flexibility index (Phi) is 3.56. The van der Waals surface area contributed by atoms with Crippen molar-refractivity contribution in [1.82, 2.24) is 19.8 Å². The van der Waals surface area contributed by atoms with Crippen LogP contribution in [-0.4, -0.2) is 19.8 Å². The summed E-state index contributed by atoms with van der Waals surface area (Å²) in [6.07, 6.45) is 0. The SMILES string of the molecule is N#Cc1nnc2c(Br)c(-c3ccccc3)nn2c1-c1ccccc1. The van der Waals surface area contributed by atoms with E-state index in [1.807, 2.05) is 60.7 Å². The van der Waals surface area contributed by atoms with E-state index in [1.54, 1.807) is 4.52 Å². The Bertz CT molecular complexity index is 1070. The zero-order valence-electron chi connectivity index (χ0n) is 12.4. The Morgan fingerprint density at radius 2 is 1.50 bits per heavy atom. The largest absolute Gasteiger partial charge is 0.208 e. The zero-order chi connectivity index (χ0) is 16.5. The molecule has 2 aromatic heterocycles. The first-order valence-corrected chi connectivity index (χ1v) is 8.04. The van der Waals surface area contributed by atoms with Gasteiger partial charge in [-0.2, -0.15) is 10.4 Å². The zero-order valence-corrected chi connectivity index (χ0v) is 14.0. The summed E-state index contributed by atoms with van der Waals surface area (Å²) in [5.41, 5.74) is 4.04. The van der Waals surface area contributed by atoms with Gasteiger partial charge in [0.05, 0.1) is 4.47 Å². The molecule has 0 aliphatic rings. The summed E-state index contributed by atoms with van der Waals surface area (Å²) < 4.78 is 2.43. The Balaban J connectivity index is 2.07. The van der Waals surface area contributed by atoms with Crippen molar-refractivity contribution in [2.75, 3.05) is 0 Å². The van der Waals surface area contributed by atoms with Crippen molar-refractivity contribution in [1.29, 1.82) is 5.26 Å². The average molecular weight is 376 g/mol. The van der Waals surface area contributed by atoms with E-state index in [-0.39, 0.29) is 5.69 Å². The fourth-order valence-corrected chi connectivity index (χ4v) is 3.14. The van der Waals surface area contributed by atoms with Gasteiger partial charge in [-0.3, -0.25) is 0 Å². The molecule has 0 fully saturated rings. The number of halogens is 1. The van der Waals surface area contributed by atoms with E-state index >= 15 is 0 Å². The molecule has 0 saturated heterocycles. The lowest BCUT2D eigenvalue weighted by atomic mass is 10.1. The molecule has 5 nitrogen and oxygen atoms in total. The van der Waals surface area contributed by atoms with Crippen molar-refractivity contribution in [3.8, 4) is 28.6 Å². The second-order valence-electron chi connectivity index (χ2n) is 5.14. The summed E-state index contributed by atoms with van der Waals surface area (Å²) in [7, 11) is 0. The van der Waals surface area contributed by atoms with Crippen LogP contribution in [0.3, 0.4) is 0 Å². The van der Waals surface area contributed by atoms with Crippen LogP contribution in [0.4, 0.5) is 0 Å². The van der Waals surface area contributed by atoms with Crippen LogP contribution < -0.4 is 0 Å². The van der Waals surface area contributed by atoms with Crippen molar-refractivity contribution in [2.24, 2.45) is 0 Å². The van der Waals surface area contributed by atoms with Crippen LogP contribution in [0.15, 0.2) is 65.1 Å². The highest BCUT2D eigenvalue weighted by Gasteiger charge is 2.19. The van der Waals surface area contributed by atoms with Crippen LogP contribution >= 0.6 is 15.9 Å². The smallest absolute Gasteiger partial charge is 0.193 e. The van der Waals surface area contributed by atoms with E-state index in [4.69, 9.17) is 0 Å². The Morgan fingerprint density at radius 1 is 0.875 bits per heavy atom. The Hall–Kier alpha value is -3.04. The molecule has 0 spiro atoms. The van der Waals surface area contributed by atoms with Gasteiger partial charge in [0.15, 0.2) is 11.3 Å².